The minimum Gasteiger partial charge on any atom is -0.458 e. The van der Waals surface area contributed by atoms with E-state index in [9.17, 15) is 4.79 Å². The van der Waals surface area contributed by atoms with Crippen LogP contribution in [0.3, 0.4) is 0 Å². The molecule has 4 nitrogen and oxygen atoms in total. The molecule has 0 aliphatic rings. The predicted octanol–water partition coefficient (Wildman–Crippen LogP) is 4.25. The van der Waals surface area contributed by atoms with E-state index in [0.29, 0.717) is 0 Å². The molecule has 0 saturated carbocycles. The highest BCUT2D eigenvalue weighted by Crippen LogP contribution is 2.19. The number of aromatic nitrogens is 2. The average molecular weight is 332 g/mol. The number of rotatable bonds is 5. The highest BCUT2D eigenvalue weighted by molar-refractivity contribution is 5.87. The van der Waals surface area contributed by atoms with E-state index in [4.69, 9.17) is 4.74 Å². The SMILES string of the molecule is Cc1nn(-c2ccccc2)c(C)c1/C=C/C(=O)OCc1ccccc1. The van der Waals surface area contributed by atoms with Crippen LogP contribution in [0.25, 0.3) is 11.8 Å². The molecule has 0 aliphatic carbocycles. The van der Waals surface area contributed by atoms with Crippen LogP contribution in [0.1, 0.15) is 22.5 Å². The van der Waals surface area contributed by atoms with Crippen molar-refractivity contribution in [2.24, 2.45) is 0 Å². The number of hydrogen-bond acceptors (Lipinski definition) is 3. The van der Waals surface area contributed by atoms with Gasteiger partial charge in [0.15, 0.2) is 0 Å². The number of nitrogens with zero attached hydrogens (tertiary/aromatic N) is 2. The molecule has 2 aromatic carbocycles. The minimum absolute atomic E-state index is 0.269. The standard InChI is InChI=1S/C21H20N2O2/c1-16-20(17(2)23(22-16)19-11-7-4-8-12-19)13-14-21(24)25-15-18-9-5-3-6-10-18/h3-14H,15H2,1-2H3/b14-13+. The Hall–Kier alpha value is -3.14. The number of para-hydroxylation sites is 1. The minimum atomic E-state index is -0.366. The van der Waals surface area contributed by atoms with Crippen LogP contribution < -0.4 is 0 Å². The molecule has 0 aliphatic heterocycles. The largest absolute Gasteiger partial charge is 0.458 e. The van der Waals surface area contributed by atoms with Crippen molar-refractivity contribution in [2.45, 2.75) is 20.5 Å². The maximum absolute atomic E-state index is 12.0. The summed E-state index contributed by atoms with van der Waals surface area (Å²) in [4.78, 5) is 12.0. The molecule has 4 heteroatoms. The van der Waals surface area contributed by atoms with Crippen LogP contribution in [0.5, 0.6) is 0 Å². The fraction of sp³-hybridized carbons (Fsp3) is 0.143. The summed E-state index contributed by atoms with van der Waals surface area (Å²) in [6.07, 6.45) is 3.22. The second kappa shape index (κ2) is 7.62. The van der Waals surface area contributed by atoms with Crippen LogP contribution in [0.2, 0.25) is 0 Å². The Morgan fingerprint density at radius 1 is 1.04 bits per heavy atom. The topological polar surface area (TPSA) is 44.1 Å². The molecule has 3 aromatic rings. The summed E-state index contributed by atoms with van der Waals surface area (Å²) in [5.74, 6) is -0.366. The Labute approximate surface area is 147 Å². The molecule has 1 aromatic heterocycles. The van der Waals surface area contributed by atoms with E-state index in [1.807, 2.05) is 79.2 Å². The molecular weight excluding hydrogens is 312 g/mol. The third-order valence-electron chi connectivity index (χ3n) is 3.96. The van der Waals surface area contributed by atoms with Gasteiger partial charge in [0.25, 0.3) is 0 Å². The molecule has 0 fully saturated rings. The third-order valence-corrected chi connectivity index (χ3v) is 3.96. The molecule has 0 bridgehead atoms. The molecule has 0 spiro atoms. The summed E-state index contributed by atoms with van der Waals surface area (Å²) in [5.41, 5.74) is 4.74. The zero-order chi connectivity index (χ0) is 17.6. The highest BCUT2D eigenvalue weighted by Gasteiger charge is 2.10. The van der Waals surface area contributed by atoms with Gasteiger partial charge in [-0.1, -0.05) is 48.5 Å². The molecule has 3 rings (SSSR count). The summed E-state index contributed by atoms with van der Waals surface area (Å²) >= 11 is 0. The number of ether oxygens (including phenoxy) is 1. The summed E-state index contributed by atoms with van der Waals surface area (Å²) < 4.78 is 7.15. The van der Waals surface area contributed by atoms with Crippen molar-refractivity contribution in [1.29, 1.82) is 0 Å². The fourth-order valence-electron chi connectivity index (χ4n) is 2.64. The van der Waals surface area contributed by atoms with Gasteiger partial charge in [-0.3, -0.25) is 0 Å². The van der Waals surface area contributed by atoms with Crippen molar-refractivity contribution in [3.05, 3.63) is 89.3 Å². The van der Waals surface area contributed by atoms with Crippen LogP contribution >= 0.6 is 0 Å². The fourth-order valence-corrected chi connectivity index (χ4v) is 2.64. The predicted molar refractivity (Wildman–Crippen MR) is 98.3 cm³/mol. The highest BCUT2D eigenvalue weighted by atomic mass is 16.5. The van der Waals surface area contributed by atoms with Crippen LogP contribution in [-0.4, -0.2) is 15.7 Å². The van der Waals surface area contributed by atoms with Crippen molar-refractivity contribution < 1.29 is 9.53 Å². The van der Waals surface area contributed by atoms with Gasteiger partial charge in [-0.15, -0.1) is 0 Å². The number of aryl methyl sites for hydroxylation is 1. The molecule has 0 saturated heterocycles. The van der Waals surface area contributed by atoms with E-state index < -0.39 is 0 Å². The third kappa shape index (κ3) is 4.04. The lowest BCUT2D eigenvalue weighted by molar-refractivity contribution is -0.138. The quantitative estimate of drug-likeness (QED) is 0.518. The van der Waals surface area contributed by atoms with Gasteiger partial charge in [-0.2, -0.15) is 5.10 Å². The van der Waals surface area contributed by atoms with E-state index in [0.717, 1.165) is 28.2 Å². The number of esters is 1. The Balaban J connectivity index is 1.71. The number of hydrogen-bond donors (Lipinski definition) is 0. The zero-order valence-electron chi connectivity index (χ0n) is 14.3. The first-order valence-corrected chi connectivity index (χ1v) is 8.15. The summed E-state index contributed by atoms with van der Waals surface area (Å²) in [6.45, 7) is 4.19. The van der Waals surface area contributed by atoms with Gasteiger partial charge in [0.05, 0.1) is 11.4 Å². The first-order valence-electron chi connectivity index (χ1n) is 8.15. The molecule has 25 heavy (non-hydrogen) atoms. The summed E-state index contributed by atoms with van der Waals surface area (Å²) in [7, 11) is 0. The van der Waals surface area contributed by atoms with Gasteiger partial charge in [-0.05, 0) is 37.6 Å². The van der Waals surface area contributed by atoms with Gasteiger partial charge >= 0.3 is 5.97 Å². The lowest BCUT2D eigenvalue weighted by atomic mass is 10.2. The van der Waals surface area contributed by atoms with Crippen molar-refractivity contribution in [3.8, 4) is 5.69 Å². The Bertz CT molecular complexity index is 881. The van der Waals surface area contributed by atoms with Crippen LogP contribution in [0.4, 0.5) is 0 Å². The molecular formula is C21H20N2O2. The van der Waals surface area contributed by atoms with E-state index in [1.54, 1.807) is 6.08 Å². The van der Waals surface area contributed by atoms with Gasteiger partial charge in [0, 0.05) is 17.3 Å². The number of carbonyl (C=O) groups excluding carboxylic acids is 1. The maximum atomic E-state index is 12.0. The Morgan fingerprint density at radius 3 is 2.36 bits per heavy atom. The molecule has 0 atom stereocenters. The molecule has 0 unspecified atom stereocenters. The normalized spacial score (nSPS) is 11.0. The Morgan fingerprint density at radius 2 is 1.68 bits per heavy atom. The first-order chi connectivity index (χ1) is 12.1. The van der Waals surface area contributed by atoms with Gasteiger partial charge in [-0.25, -0.2) is 9.48 Å². The van der Waals surface area contributed by atoms with Crippen molar-refractivity contribution in [3.63, 3.8) is 0 Å². The molecule has 0 amide bonds. The van der Waals surface area contributed by atoms with Crippen LogP contribution in [0, 0.1) is 13.8 Å². The van der Waals surface area contributed by atoms with Crippen molar-refractivity contribution in [1.82, 2.24) is 9.78 Å². The van der Waals surface area contributed by atoms with Crippen LogP contribution in [0.15, 0.2) is 66.7 Å². The first kappa shape index (κ1) is 16.7. The smallest absolute Gasteiger partial charge is 0.331 e. The summed E-state index contributed by atoms with van der Waals surface area (Å²) in [5, 5.41) is 4.57. The van der Waals surface area contributed by atoms with Gasteiger partial charge < -0.3 is 4.74 Å². The zero-order valence-corrected chi connectivity index (χ0v) is 14.3. The Kier molecular flexibility index (Phi) is 5.09. The summed E-state index contributed by atoms with van der Waals surface area (Å²) in [6, 6.07) is 19.5. The van der Waals surface area contributed by atoms with Gasteiger partial charge in [0.1, 0.15) is 6.61 Å². The monoisotopic (exact) mass is 332 g/mol. The number of benzene rings is 2. The second-order valence-electron chi connectivity index (χ2n) is 5.76. The van der Waals surface area contributed by atoms with E-state index in [1.165, 1.54) is 6.08 Å². The molecule has 0 N–H and O–H groups in total. The average Bonchev–Trinajstić information content (AvgIpc) is 2.94. The molecule has 1 heterocycles. The van der Waals surface area contributed by atoms with E-state index in [-0.39, 0.29) is 12.6 Å². The van der Waals surface area contributed by atoms with Crippen molar-refractivity contribution in [2.75, 3.05) is 0 Å². The number of carbonyl (C=O) groups is 1. The second-order valence-corrected chi connectivity index (χ2v) is 5.76. The van der Waals surface area contributed by atoms with Crippen molar-refractivity contribution >= 4 is 12.0 Å². The molecule has 126 valence electrons. The van der Waals surface area contributed by atoms with E-state index in [2.05, 4.69) is 5.10 Å². The maximum Gasteiger partial charge on any atom is 0.331 e. The molecule has 0 radical (unpaired) electrons. The van der Waals surface area contributed by atoms with Crippen LogP contribution in [-0.2, 0) is 16.1 Å². The lowest BCUT2D eigenvalue weighted by Crippen LogP contribution is -2.00. The van der Waals surface area contributed by atoms with Gasteiger partial charge in [0.2, 0.25) is 0 Å². The lowest BCUT2D eigenvalue weighted by Gasteiger charge is -2.04. The van der Waals surface area contributed by atoms with E-state index >= 15 is 0 Å².